The zero-order chi connectivity index (χ0) is 24.7. The molecule has 0 N–H and O–H groups in total. The second-order valence-electron chi connectivity index (χ2n) is 10.4. The Morgan fingerprint density at radius 2 is 1.53 bits per heavy atom. The number of benzene rings is 3. The lowest BCUT2D eigenvalue weighted by Crippen LogP contribution is -2.70. The van der Waals surface area contributed by atoms with Crippen molar-refractivity contribution in [2.45, 2.75) is 50.4 Å². The topological polar surface area (TPSA) is 49.9 Å². The lowest BCUT2D eigenvalue weighted by Gasteiger charge is -2.60. The number of rotatable bonds is 5. The molecule has 1 aliphatic carbocycles. The average molecular weight is 481 g/mol. The molecule has 6 rings (SSSR count). The van der Waals surface area contributed by atoms with Gasteiger partial charge in [0, 0.05) is 38.4 Å². The molecule has 5 nitrogen and oxygen atoms in total. The normalized spacial score (nSPS) is 26.4. The molecule has 0 unspecified atom stereocenters. The predicted molar refractivity (Wildman–Crippen MR) is 138 cm³/mol. The second kappa shape index (κ2) is 9.12. The van der Waals surface area contributed by atoms with E-state index in [0.717, 1.165) is 48.1 Å². The zero-order valence-corrected chi connectivity index (χ0v) is 20.7. The van der Waals surface area contributed by atoms with Crippen molar-refractivity contribution in [1.82, 2.24) is 9.80 Å². The number of nitrogens with zero attached hydrogens (tertiary/aromatic N) is 2. The number of fused-ring (bicyclic) bond motifs is 2. The van der Waals surface area contributed by atoms with Crippen LogP contribution in [-0.2, 0) is 22.7 Å². The molecule has 0 aromatic heterocycles. The number of hydrogen-bond donors (Lipinski definition) is 0. The van der Waals surface area contributed by atoms with Crippen LogP contribution in [0, 0.1) is 11.8 Å². The van der Waals surface area contributed by atoms with Gasteiger partial charge in [-0.2, -0.15) is 0 Å². The summed E-state index contributed by atoms with van der Waals surface area (Å²) in [7, 11) is 1.84. The summed E-state index contributed by atoms with van der Waals surface area (Å²) in [5.41, 5.74) is 2.45. The summed E-state index contributed by atoms with van der Waals surface area (Å²) in [6, 6.07) is 28.1. The Labute approximate surface area is 212 Å². The minimum absolute atomic E-state index is 0.0968. The lowest BCUT2D eigenvalue weighted by atomic mass is 9.61. The van der Waals surface area contributed by atoms with E-state index in [4.69, 9.17) is 4.74 Å². The van der Waals surface area contributed by atoms with Gasteiger partial charge in [-0.1, -0.05) is 85.3 Å². The van der Waals surface area contributed by atoms with E-state index in [1.54, 1.807) is 4.90 Å². The van der Waals surface area contributed by atoms with Gasteiger partial charge >= 0.3 is 0 Å². The minimum atomic E-state index is -0.760. The highest BCUT2D eigenvalue weighted by Gasteiger charge is 2.63. The Morgan fingerprint density at radius 1 is 0.917 bits per heavy atom. The largest absolute Gasteiger partial charge is 0.467 e. The summed E-state index contributed by atoms with van der Waals surface area (Å²) in [5.74, 6) is -0.239. The van der Waals surface area contributed by atoms with E-state index < -0.39 is 11.6 Å². The highest BCUT2D eigenvalue weighted by molar-refractivity contribution is 6.02. The first-order chi connectivity index (χ1) is 17.6. The molecule has 1 saturated heterocycles. The van der Waals surface area contributed by atoms with Crippen molar-refractivity contribution < 1.29 is 14.3 Å². The van der Waals surface area contributed by atoms with Crippen LogP contribution in [0.5, 0.6) is 5.75 Å². The van der Waals surface area contributed by atoms with Gasteiger partial charge in [0.2, 0.25) is 11.8 Å². The summed E-state index contributed by atoms with van der Waals surface area (Å²) in [4.78, 5) is 32.2. The molecule has 0 spiro atoms. The quantitative estimate of drug-likeness (QED) is 0.462. The summed E-state index contributed by atoms with van der Waals surface area (Å²) in [6.07, 6.45) is 3.88. The molecule has 2 heterocycles. The summed E-state index contributed by atoms with van der Waals surface area (Å²) >= 11 is 0. The molecule has 2 amide bonds. The van der Waals surface area contributed by atoms with Gasteiger partial charge in [0.05, 0.1) is 0 Å². The maximum atomic E-state index is 14.5. The smallest absolute Gasteiger partial charge is 0.238 e. The lowest BCUT2D eigenvalue weighted by molar-refractivity contribution is -0.203. The first-order valence-corrected chi connectivity index (χ1v) is 13.0. The zero-order valence-electron chi connectivity index (χ0n) is 20.7. The Balaban J connectivity index is 1.43. The Bertz CT molecular complexity index is 1220. The summed E-state index contributed by atoms with van der Waals surface area (Å²) in [5, 5.41) is 0. The second-order valence-corrected chi connectivity index (χ2v) is 10.4. The summed E-state index contributed by atoms with van der Waals surface area (Å²) < 4.78 is 6.64. The number of carbonyl (C=O) groups is 2. The van der Waals surface area contributed by atoms with Crippen molar-refractivity contribution in [2.75, 3.05) is 7.05 Å². The molecule has 0 radical (unpaired) electrons. The van der Waals surface area contributed by atoms with Gasteiger partial charge in [-0.05, 0) is 35.6 Å². The van der Waals surface area contributed by atoms with E-state index in [-0.39, 0.29) is 23.7 Å². The van der Waals surface area contributed by atoms with Crippen LogP contribution in [-0.4, -0.2) is 34.4 Å². The van der Waals surface area contributed by atoms with Crippen LogP contribution in [0.1, 0.15) is 48.3 Å². The molecule has 3 aliphatic rings. The van der Waals surface area contributed by atoms with Crippen molar-refractivity contribution in [3.8, 4) is 5.75 Å². The molecule has 4 atom stereocenters. The van der Waals surface area contributed by atoms with Gasteiger partial charge in [-0.3, -0.25) is 9.59 Å². The molecule has 2 aliphatic heterocycles. The van der Waals surface area contributed by atoms with Crippen LogP contribution in [0.4, 0.5) is 0 Å². The van der Waals surface area contributed by atoms with Gasteiger partial charge in [0.15, 0.2) is 5.72 Å². The van der Waals surface area contributed by atoms with E-state index >= 15 is 0 Å². The van der Waals surface area contributed by atoms with Crippen molar-refractivity contribution in [1.29, 1.82) is 0 Å². The Hall–Kier alpha value is -3.60. The number of ether oxygens (including phenoxy) is 1. The van der Waals surface area contributed by atoms with Crippen molar-refractivity contribution in [3.05, 3.63) is 102 Å². The van der Waals surface area contributed by atoms with Crippen molar-refractivity contribution in [2.24, 2.45) is 11.8 Å². The van der Waals surface area contributed by atoms with Crippen LogP contribution in [0.3, 0.4) is 0 Å². The van der Waals surface area contributed by atoms with E-state index in [1.165, 1.54) is 0 Å². The van der Waals surface area contributed by atoms with Crippen LogP contribution in [0.2, 0.25) is 0 Å². The van der Waals surface area contributed by atoms with Crippen LogP contribution >= 0.6 is 0 Å². The third-order valence-electron chi connectivity index (χ3n) is 8.41. The van der Waals surface area contributed by atoms with Gasteiger partial charge < -0.3 is 14.5 Å². The molecular weight excluding hydrogens is 448 g/mol. The highest BCUT2D eigenvalue weighted by Crippen LogP contribution is 2.58. The van der Waals surface area contributed by atoms with E-state index in [9.17, 15) is 9.59 Å². The molecule has 5 heteroatoms. The number of amides is 2. The highest BCUT2D eigenvalue weighted by atomic mass is 16.5. The molecule has 3 aromatic rings. The van der Waals surface area contributed by atoms with Crippen molar-refractivity contribution in [3.63, 3.8) is 0 Å². The fraction of sp³-hybridized carbons (Fsp3) is 0.355. The van der Waals surface area contributed by atoms with Gasteiger partial charge in [-0.15, -0.1) is 0 Å². The van der Waals surface area contributed by atoms with Gasteiger partial charge in [0.1, 0.15) is 11.7 Å². The van der Waals surface area contributed by atoms with Crippen LogP contribution < -0.4 is 4.74 Å². The van der Waals surface area contributed by atoms with E-state index in [0.29, 0.717) is 13.1 Å². The first-order valence-electron chi connectivity index (χ1n) is 13.0. The molecule has 3 aromatic carbocycles. The monoisotopic (exact) mass is 480 g/mol. The molecule has 184 valence electrons. The van der Waals surface area contributed by atoms with Crippen LogP contribution in [0.15, 0.2) is 84.9 Å². The Kier molecular flexibility index (Phi) is 5.79. The number of likely N-dealkylation sites (tertiary alicyclic amines) is 1. The fourth-order valence-electron chi connectivity index (χ4n) is 6.72. The standard InChI is InChI=1S/C31H32N2O3/c1-32-29(34)28(27-24-16-8-9-18-26(24)36-31(32)19-11-10-17-25(27)31)30(35)33(20-22-12-4-2-5-13-22)21-23-14-6-3-7-15-23/h2-9,12-16,18,25,27-28H,10-11,17,19-21H2,1H3/t25-,27-,28-,31+/m0/s1. The van der Waals surface area contributed by atoms with Gasteiger partial charge in [0.25, 0.3) is 0 Å². The number of piperidine rings is 1. The maximum absolute atomic E-state index is 14.5. The molecule has 1 saturated carbocycles. The number of hydrogen-bond acceptors (Lipinski definition) is 3. The summed E-state index contributed by atoms with van der Waals surface area (Å²) in [6.45, 7) is 0.922. The van der Waals surface area contributed by atoms with E-state index in [2.05, 4.69) is 6.07 Å². The molecule has 36 heavy (non-hydrogen) atoms. The van der Waals surface area contributed by atoms with E-state index in [1.807, 2.05) is 90.8 Å². The van der Waals surface area contributed by atoms with Crippen LogP contribution in [0.25, 0.3) is 0 Å². The van der Waals surface area contributed by atoms with Crippen molar-refractivity contribution >= 4 is 11.8 Å². The third-order valence-corrected chi connectivity index (χ3v) is 8.41. The third kappa shape index (κ3) is 3.69. The van der Waals surface area contributed by atoms with Gasteiger partial charge in [-0.25, -0.2) is 0 Å². The number of carbonyl (C=O) groups excluding carboxylic acids is 2. The molecule has 2 bridgehead atoms. The average Bonchev–Trinajstić information content (AvgIpc) is 2.92. The first kappa shape index (κ1) is 22.8. The SMILES string of the molecule is CN1C(=O)[C@@H](C(=O)N(Cc2ccccc2)Cc2ccccc2)[C@H]2c3ccccc3O[C@@]13CCCC[C@@H]23. The fourth-order valence-corrected chi connectivity index (χ4v) is 6.72. The number of para-hydroxylation sites is 1. The predicted octanol–water partition coefficient (Wildman–Crippen LogP) is 5.37. The minimum Gasteiger partial charge on any atom is -0.467 e. The molecular formula is C31H32N2O3. The maximum Gasteiger partial charge on any atom is 0.238 e. The molecule has 2 fully saturated rings. The Morgan fingerprint density at radius 3 is 2.19 bits per heavy atom.